The predicted molar refractivity (Wildman–Crippen MR) is 118 cm³/mol. The molecule has 1 atom stereocenters. The maximum Gasteiger partial charge on any atom is 0.274 e. The van der Waals surface area contributed by atoms with Gasteiger partial charge in [-0.3, -0.25) is 9.36 Å². The second-order valence-corrected chi connectivity index (χ2v) is 8.14. The third kappa shape index (κ3) is 3.84. The number of para-hydroxylation sites is 1. The van der Waals surface area contributed by atoms with Crippen LogP contribution >= 0.6 is 23.2 Å². The first-order chi connectivity index (χ1) is 15.1. The monoisotopic (exact) mass is 452 g/mol. The lowest BCUT2D eigenvalue weighted by Crippen LogP contribution is -2.30. The molecule has 1 N–H and O–H groups in total. The minimum atomic E-state index is -0.376. The number of aromatic nitrogens is 3. The Morgan fingerprint density at radius 3 is 2.74 bits per heavy atom. The Morgan fingerprint density at radius 2 is 1.90 bits per heavy atom. The topological polar surface area (TPSA) is 73.0 Å². The summed E-state index contributed by atoms with van der Waals surface area (Å²) in [5, 5.41) is 7.51. The molecule has 1 unspecified atom stereocenters. The quantitative estimate of drug-likeness (QED) is 0.463. The van der Waals surface area contributed by atoms with Crippen molar-refractivity contribution in [1.82, 2.24) is 20.0 Å². The molecule has 1 aliphatic rings. The van der Waals surface area contributed by atoms with Gasteiger partial charge in [-0.15, -0.1) is 0 Å². The average Bonchev–Trinajstić information content (AvgIpc) is 3.32. The fraction of sp³-hybridized carbons (Fsp3) is 0.174. The van der Waals surface area contributed by atoms with Crippen LogP contribution in [0, 0.1) is 0 Å². The van der Waals surface area contributed by atoms with E-state index in [4.69, 9.17) is 27.7 Å². The van der Waals surface area contributed by atoms with Crippen molar-refractivity contribution < 1.29 is 9.32 Å². The summed E-state index contributed by atoms with van der Waals surface area (Å²) in [6.07, 6.45) is 1.98. The maximum absolute atomic E-state index is 12.9. The molecule has 0 bridgehead atoms. The Hall–Kier alpha value is -3.09. The predicted octanol–water partition coefficient (Wildman–Crippen LogP) is 5.18. The SMILES string of the molecule is O=C(NC1CCc2ccccc2-n2c1nc(Cl)c2Cl)c1cc(Cc2ccccc2)on1. The normalized spacial score (nSPS) is 15.1. The van der Waals surface area contributed by atoms with E-state index in [2.05, 4.69) is 15.5 Å². The Morgan fingerprint density at radius 1 is 1.13 bits per heavy atom. The van der Waals surface area contributed by atoms with Crippen LogP contribution in [0.15, 0.2) is 65.2 Å². The molecule has 0 radical (unpaired) electrons. The number of imidazole rings is 1. The molecule has 3 heterocycles. The van der Waals surface area contributed by atoms with Gasteiger partial charge in [0.1, 0.15) is 11.6 Å². The highest BCUT2D eigenvalue weighted by Gasteiger charge is 2.29. The standard InChI is InChI=1S/C23H18Cl2N4O2/c24-20-21(25)29-19-9-5-4-8-15(19)10-11-17(22(29)27-20)26-23(30)18-13-16(31-28-18)12-14-6-2-1-3-7-14/h1-9,13,17H,10-12H2,(H,26,30). The number of hydrogen-bond donors (Lipinski definition) is 1. The molecule has 156 valence electrons. The zero-order valence-electron chi connectivity index (χ0n) is 16.4. The van der Waals surface area contributed by atoms with E-state index in [-0.39, 0.29) is 22.8 Å². The maximum atomic E-state index is 12.9. The Labute approximate surface area is 188 Å². The van der Waals surface area contributed by atoms with Gasteiger partial charge in [0, 0.05) is 12.5 Å². The molecule has 0 saturated carbocycles. The van der Waals surface area contributed by atoms with Gasteiger partial charge in [0.15, 0.2) is 16.0 Å². The lowest BCUT2D eigenvalue weighted by Gasteiger charge is -2.16. The molecule has 2 aromatic heterocycles. The third-order valence-electron chi connectivity index (χ3n) is 5.37. The number of rotatable bonds is 4. The number of halogens is 2. The number of amides is 1. The van der Waals surface area contributed by atoms with Crippen LogP contribution in [0.5, 0.6) is 0 Å². The summed E-state index contributed by atoms with van der Waals surface area (Å²) in [4.78, 5) is 17.4. The molecule has 8 heteroatoms. The summed E-state index contributed by atoms with van der Waals surface area (Å²) in [6.45, 7) is 0. The van der Waals surface area contributed by atoms with E-state index in [9.17, 15) is 4.79 Å². The van der Waals surface area contributed by atoms with Gasteiger partial charge < -0.3 is 9.84 Å². The van der Waals surface area contributed by atoms with Gasteiger partial charge >= 0.3 is 0 Å². The van der Waals surface area contributed by atoms with E-state index < -0.39 is 0 Å². The van der Waals surface area contributed by atoms with Crippen molar-refractivity contribution in [1.29, 1.82) is 0 Å². The molecular formula is C23H18Cl2N4O2. The van der Waals surface area contributed by atoms with Crippen LogP contribution in [0.2, 0.25) is 10.3 Å². The van der Waals surface area contributed by atoms with Crippen molar-refractivity contribution in [3.63, 3.8) is 0 Å². The number of nitrogens with zero attached hydrogens (tertiary/aromatic N) is 3. The lowest BCUT2D eigenvalue weighted by atomic mass is 10.1. The van der Waals surface area contributed by atoms with Gasteiger partial charge in [-0.1, -0.05) is 76.9 Å². The van der Waals surface area contributed by atoms with E-state index in [1.165, 1.54) is 0 Å². The second-order valence-electron chi connectivity index (χ2n) is 7.42. The van der Waals surface area contributed by atoms with Crippen LogP contribution in [0.1, 0.15) is 45.7 Å². The lowest BCUT2D eigenvalue weighted by molar-refractivity contribution is 0.0923. The van der Waals surface area contributed by atoms with Gasteiger partial charge in [0.05, 0.1) is 11.7 Å². The number of benzene rings is 2. The van der Waals surface area contributed by atoms with Gasteiger partial charge in [0.25, 0.3) is 5.91 Å². The number of nitrogens with one attached hydrogen (secondary N) is 1. The molecule has 0 fully saturated rings. The number of carbonyl (C=O) groups excluding carboxylic acids is 1. The zero-order chi connectivity index (χ0) is 21.4. The minimum Gasteiger partial charge on any atom is -0.360 e. The van der Waals surface area contributed by atoms with E-state index in [1.807, 2.05) is 54.6 Å². The zero-order valence-corrected chi connectivity index (χ0v) is 17.9. The molecule has 6 nitrogen and oxygen atoms in total. The van der Waals surface area contributed by atoms with Gasteiger partial charge in [-0.05, 0) is 30.0 Å². The van der Waals surface area contributed by atoms with Crippen LogP contribution in [0.25, 0.3) is 5.69 Å². The molecule has 5 rings (SSSR count). The van der Waals surface area contributed by atoms with Crippen molar-refractivity contribution in [2.75, 3.05) is 0 Å². The number of carbonyl (C=O) groups is 1. The Balaban J connectivity index is 1.39. The molecular weight excluding hydrogens is 435 g/mol. The number of hydrogen-bond acceptors (Lipinski definition) is 4. The summed E-state index contributed by atoms with van der Waals surface area (Å²) >= 11 is 12.7. The van der Waals surface area contributed by atoms with Crippen LogP contribution in [0.4, 0.5) is 0 Å². The summed E-state index contributed by atoms with van der Waals surface area (Å²) in [7, 11) is 0. The minimum absolute atomic E-state index is 0.208. The first-order valence-electron chi connectivity index (χ1n) is 9.92. The third-order valence-corrected chi connectivity index (χ3v) is 6.08. The molecule has 0 aliphatic carbocycles. The average molecular weight is 453 g/mol. The fourth-order valence-electron chi connectivity index (χ4n) is 3.89. The van der Waals surface area contributed by atoms with Crippen LogP contribution < -0.4 is 5.32 Å². The molecule has 4 aromatic rings. The Bertz CT molecular complexity index is 1250. The van der Waals surface area contributed by atoms with Crippen molar-refractivity contribution in [3.05, 3.63) is 99.4 Å². The van der Waals surface area contributed by atoms with Gasteiger partial charge in [-0.2, -0.15) is 0 Å². The molecule has 0 saturated heterocycles. The number of aryl methyl sites for hydroxylation is 1. The molecule has 0 spiro atoms. The second kappa shape index (κ2) is 8.21. The fourth-order valence-corrected chi connectivity index (χ4v) is 4.28. The Kier molecular flexibility index (Phi) is 5.26. The van der Waals surface area contributed by atoms with Gasteiger partial charge in [0.2, 0.25) is 0 Å². The van der Waals surface area contributed by atoms with Crippen molar-refractivity contribution >= 4 is 29.1 Å². The van der Waals surface area contributed by atoms with Crippen LogP contribution in [-0.4, -0.2) is 20.6 Å². The highest BCUT2D eigenvalue weighted by Crippen LogP contribution is 2.36. The van der Waals surface area contributed by atoms with E-state index in [1.54, 1.807) is 10.6 Å². The molecule has 2 aromatic carbocycles. The first-order valence-corrected chi connectivity index (χ1v) is 10.7. The smallest absolute Gasteiger partial charge is 0.274 e. The van der Waals surface area contributed by atoms with E-state index >= 15 is 0 Å². The first kappa shape index (κ1) is 19.8. The van der Waals surface area contributed by atoms with Crippen molar-refractivity contribution in [2.45, 2.75) is 25.3 Å². The van der Waals surface area contributed by atoms with Crippen LogP contribution in [-0.2, 0) is 12.8 Å². The largest absolute Gasteiger partial charge is 0.360 e. The van der Waals surface area contributed by atoms with E-state index in [0.29, 0.717) is 29.6 Å². The van der Waals surface area contributed by atoms with E-state index in [0.717, 1.165) is 23.2 Å². The molecule has 31 heavy (non-hydrogen) atoms. The van der Waals surface area contributed by atoms with Gasteiger partial charge in [-0.25, -0.2) is 4.98 Å². The summed E-state index contributed by atoms with van der Waals surface area (Å²) < 4.78 is 7.18. The highest BCUT2D eigenvalue weighted by molar-refractivity contribution is 6.40. The summed E-state index contributed by atoms with van der Waals surface area (Å²) in [5.41, 5.74) is 3.34. The summed E-state index contributed by atoms with van der Waals surface area (Å²) in [6, 6.07) is 19.1. The van der Waals surface area contributed by atoms with Crippen molar-refractivity contribution in [3.8, 4) is 5.69 Å². The highest BCUT2D eigenvalue weighted by atomic mass is 35.5. The number of fused-ring (bicyclic) bond motifs is 3. The molecule has 1 amide bonds. The summed E-state index contributed by atoms with van der Waals surface area (Å²) in [5.74, 6) is 0.888. The molecule has 1 aliphatic heterocycles. The van der Waals surface area contributed by atoms with Crippen LogP contribution in [0.3, 0.4) is 0 Å². The van der Waals surface area contributed by atoms with Crippen molar-refractivity contribution in [2.24, 2.45) is 0 Å².